The lowest BCUT2D eigenvalue weighted by Crippen LogP contribution is -2.47. The zero-order valence-electron chi connectivity index (χ0n) is 18.3. The number of rotatable bonds is 5. The first-order valence-electron chi connectivity index (χ1n) is 11.3. The van der Waals surface area contributed by atoms with Gasteiger partial charge in [-0.15, -0.1) is 0 Å². The van der Waals surface area contributed by atoms with E-state index in [-0.39, 0.29) is 30.6 Å². The number of amides is 2. The van der Waals surface area contributed by atoms with Crippen molar-refractivity contribution >= 4 is 11.8 Å². The van der Waals surface area contributed by atoms with Crippen LogP contribution in [-0.2, 0) is 4.79 Å². The number of benzene rings is 3. The van der Waals surface area contributed by atoms with Gasteiger partial charge in [0.15, 0.2) is 11.5 Å². The van der Waals surface area contributed by atoms with Gasteiger partial charge in [0, 0.05) is 24.7 Å². The molecule has 0 radical (unpaired) electrons. The highest BCUT2D eigenvalue weighted by Gasteiger charge is 2.31. The van der Waals surface area contributed by atoms with Crippen LogP contribution >= 0.6 is 0 Å². The summed E-state index contributed by atoms with van der Waals surface area (Å²) in [6.45, 7) is 1.40. The van der Waals surface area contributed by atoms with E-state index in [0.717, 1.165) is 24.0 Å². The van der Waals surface area contributed by atoms with E-state index in [1.165, 1.54) is 0 Å². The third kappa shape index (κ3) is 4.55. The largest absolute Gasteiger partial charge is 0.454 e. The second kappa shape index (κ2) is 9.36. The Morgan fingerprint density at radius 3 is 2.06 bits per heavy atom. The first kappa shape index (κ1) is 21.1. The van der Waals surface area contributed by atoms with E-state index < -0.39 is 0 Å². The van der Waals surface area contributed by atoms with Crippen LogP contribution in [0.3, 0.4) is 0 Å². The maximum absolute atomic E-state index is 13.6. The standard InChI is InChI=1S/C27H26N2O4/c30-26(21-11-12-23-24(17-21)33-18-32-23)28-22-13-15-29(16-14-22)27(31)25(19-7-3-1-4-8-19)20-9-5-2-6-10-20/h1-12,17,22,25H,13-16,18H2,(H,28,30). The van der Waals surface area contributed by atoms with Crippen molar-refractivity contribution in [2.75, 3.05) is 19.9 Å². The molecule has 2 amide bonds. The molecule has 1 N–H and O–H groups in total. The Morgan fingerprint density at radius 1 is 0.818 bits per heavy atom. The van der Waals surface area contributed by atoms with Gasteiger partial charge in [0.2, 0.25) is 12.7 Å². The zero-order chi connectivity index (χ0) is 22.6. The van der Waals surface area contributed by atoms with E-state index >= 15 is 0 Å². The number of likely N-dealkylation sites (tertiary alicyclic amines) is 1. The molecule has 0 unspecified atom stereocenters. The first-order chi connectivity index (χ1) is 16.2. The van der Waals surface area contributed by atoms with Gasteiger partial charge >= 0.3 is 0 Å². The van der Waals surface area contributed by atoms with Gasteiger partial charge < -0.3 is 19.7 Å². The highest BCUT2D eigenvalue weighted by molar-refractivity contribution is 5.95. The van der Waals surface area contributed by atoms with E-state index in [1.54, 1.807) is 18.2 Å². The predicted octanol–water partition coefficient (Wildman–Crippen LogP) is 3.97. The van der Waals surface area contributed by atoms with Crippen LogP contribution in [0.4, 0.5) is 0 Å². The van der Waals surface area contributed by atoms with E-state index in [0.29, 0.717) is 30.2 Å². The summed E-state index contributed by atoms with van der Waals surface area (Å²) in [6, 6.07) is 25.1. The minimum absolute atomic E-state index is 0.0267. The lowest BCUT2D eigenvalue weighted by atomic mass is 9.89. The summed E-state index contributed by atoms with van der Waals surface area (Å²) in [4.78, 5) is 28.2. The Morgan fingerprint density at radius 2 is 1.42 bits per heavy atom. The van der Waals surface area contributed by atoms with Crippen molar-refractivity contribution in [2.24, 2.45) is 0 Å². The van der Waals surface area contributed by atoms with Crippen molar-refractivity contribution in [3.8, 4) is 11.5 Å². The Balaban J connectivity index is 1.23. The van der Waals surface area contributed by atoms with Gasteiger partial charge in [0.05, 0.1) is 5.92 Å². The van der Waals surface area contributed by atoms with Gasteiger partial charge in [0.25, 0.3) is 5.91 Å². The first-order valence-corrected chi connectivity index (χ1v) is 11.3. The van der Waals surface area contributed by atoms with Crippen molar-refractivity contribution in [3.63, 3.8) is 0 Å². The molecule has 33 heavy (non-hydrogen) atoms. The summed E-state index contributed by atoms with van der Waals surface area (Å²) in [5.41, 5.74) is 2.53. The molecule has 168 valence electrons. The summed E-state index contributed by atoms with van der Waals surface area (Å²) in [5.74, 6) is 0.894. The van der Waals surface area contributed by atoms with Crippen LogP contribution in [0.5, 0.6) is 11.5 Å². The van der Waals surface area contributed by atoms with Gasteiger partial charge in [-0.1, -0.05) is 60.7 Å². The summed E-state index contributed by atoms with van der Waals surface area (Å²) in [7, 11) is 0. The summed E-state index contributed by atoms with van der Waals surface area (Å²) in [5, 5.41) is 3.11. The van der Waals surface area contributed by atoms with Crippen LogP contribution in [0.15, 0.2) is 78.9 Å². The Hall–Kier alpha value is -3.80. The van der Waals surface area contributed by atoms with E-state index in [4.69, 9.17) is 9.47 Å². The minimum atomic E-state index is -0.327. The molecule has 5 rings (SSSR count). The SMILES string of the molecule is O=C(NC1CCN(C(=O)C(c2ccccc2)c2ccccc2)CC1)c1ccc2c(c1)OCO2. The van der Waals surface area contributed by atoms with E-state index in [2.05, 4.69) is 5.32 Å². The highest BCUT2D eigenvalue weighted by atomic mass is 16.7. The second-order valence-corrected chi connectivity index (χ2v) is 8.40. The number of ether oxygens (including phenoxy) is 2. The van der Waals surface area contributed by atoms with Crippen molar-refractivity contribution in [3.05, 3.63) is 95.6 Å². The number of hydrogen-bond acceptors (Lipinski definition) is 4. The number of fused-ring (bicyclic) bond motifs is 1. The van der Waals surface area contributed by atoms with Gasteiger partial charge in [0.1, 0.15) is 0 Å². The average molecular weight is 443 g/mol. The smallest absolute Gasteiger partial charge is 0.251 e. The van der Waals surface area contributed by atoms with Crippen LogP contribution in [0, 0.1) is 0 Å². The Bertz CT molecular complexity index is 1090. The van der Waals surface area contributed by atoms with Crippen LogP contribution in [-0.4, -0.2) is 42.6 Å². The predicted molar refractivity (Wildman–Crippen MR) is 124 cm³/mol. The molecular weight excluding hydrogens is 416 g/mol. The molecule has 3 aromatic carbocycles. The molecule has 1 fully saturated rings. The summed E-state index contributed by atoms with van der Waals surface area (Å²) in [6.07, 6.45) is 1.44. The van der Waals surface area contributed by atoms with Crippen LogP contribution in [0.1, 0.15) is 40.2 Å². The normalized spacial score (nSPS) is 15.5. The monoisotopic (exact) mass is 442 g/mol. The van der Waals surface area contributed by atoms with Gasteiger partial charge in [-0.25, -0.2) is 0 Å². The third-order valence-corrected chi connectivity index (χ3v) is 6.29. The van der Waals surface area contributed by atoms with Gasteiger partial charge in [-0.2, -0.15) is 0 Å². The number of piperidine rings is 1. The van der Waals surface area contributed by atoms with Gasteiger partial charge in [-0.3, -0.25) is 9.59 Å². The van der Waals surface area contributed by atoms with Crippen LogP contribution in [0.25, 0.3) is 0 Å². The molecular formula is C27H26N2O4. The Kier molecular flexibility index (Phi) is 5.98. The Labute approximate surface area is 193 Å². The number of nitrogens with zero attached hydrogens (tertiary/aromatic N) is 1. The molecule has 0 aromatic heterocycles. The fourth-order valence-electron chi connectivity index (χ4n) is 4.50. The molecule has 0 bridgehead atoms. The van der Waals surface area contributed by atoms with Crippen LogP contribution < -0.4 is 14.8 Å². The molecule has 0 atom stereocenters. The molecule has 2 aliphatic rings. The van der Waals surface area contributed by atoms with Crippen molar-refractivity contribution in [1.29, 1.82) is 0 Å². The number of carbonyl (C=O) groups is 2. The number of nitrogens with one attached hydrogen (secondary N) is 1. The second-order valence-electron chi connectivity index (χ2n) is 8.40. The number of carbonyl (C=O) groups excluding carboxylic acids is 2. The van der Waals surface area contributed by atoms with Crippen molar-refractivity contribution < 1.29 is 19.1 Å². The quantitative estimate of drug-likeness (QED) is 0.649. The number of hydrogen-bond donors (Lipinski definition) is 1. The molecule has 0 spiro atoms. The molecule has 1 saturated heterocycles. The topological polar surface area (TPSA) is 67.9 Å². The molecule has 3 aromatic rings. The molecule has 2 aliphatic heterocycles. The molecule has 0 saturated carbocycles. The summed E-state index contributed by atoms with van der Waals surface area (Å²) < 4.78 is 10.7. The lowest BCUT2D eigenvalue weighted by Gasteiger charge is -2.35. The fraction of sp³-hybridized carbons (Fsp3) is 0.259. The van der Waals surface area contributed by atoms with E-state index in [1.807, 2.05) is 65.6 Å². The summed E-state index contributed by atoms with van der Waals surface area (Å²) >= 11 is 0. The average Bonchev–Trinajstić information content (AvgIpc) is 3.34. The van der Waals surface area contributed by atoms with E-state index in [9.17, 15) is 9.59 Å². The maximum Gasteiger partial charge on any atom is 0.251 e. The highest BCUT2D eigenvalue weighted by Crippen LogP contribution is 2.32. The lowest BCUT2D eigenvalue weighted by molar-refractivity contribution is -0.132. The van der Waals surface area contributed by atoms with Crippen molar-refractivity contribution in [2.45, 2.75) is 24.8 Å². The van der Waals surface area contributed by atoms with Gasteiger partial charge in [-0.05, 0) is 42.2 Å². The van der Waals surface area contributed by atoms with Crippen LogP contribution in [0.2, 0.25) is 0 Å². The third-order valence-electron chi connectivity index (χ3n) is 6.29. The molecule has 6 nitrogen and oxygen atoms in total. The van der Waals surface area contributed by atoms with Crippen molar-refractivity contribution in [1.82, 2.24) is 10.2 Å². The fourth-order valence-corrected chi connectivity index (χ4v) is 4.50. The molecule has 2 heterocycles. The zero-order valence-corrected chi connectivity index (χ0v) is 18.3. The maximum atomic E-state index is 13.6. The molecule has 6 heteroatoms. The molecule has 0 aliphatic carbocycles. The minimum Gasteiger partial charge on any atom is -0.454 e.